The lowest BCUT2D eigenvalue weighted by atomic mass is 9.84. The van der Waals surface area contributed by atoms with Gasteiger partial charge in [0.1, 0.15) is 6.04 Å². The molecule has 3 atom stereocenters. The van der Waals surface area contributed by atoms with E-state index >= 15 is 0 Å². The van der Waals surface area contributed by atoms with E-state index in [2.05, 4.69) is 10.3 Å². The largest absolute Gasteiger partial charge is 0.467 e. The molecule has 158 valence electrons. The fraction of sp³-hybridized carbons (Fsp3) is 0.500. The number of likely N-dealkylation sites (tertiary alicyclic amines) is 1. The summed E-state index contributed by atoms with van der Waals surface area (Å²) in [5.41, 5.74) is 0.963. The first-order valence-corrected chi connectivity index (χ1v) is 10.00. The normalized spacial score (nSPS) is 23.1. The standard InChI is InChI=1S/C20H23N5O5/c1-12-18(21-22-24(12)14-7-5-8-15(11-14)25(28)29)19(26)23-16-9-4-3-6-13(16)10-17(23)20(27)30-2/h5,7-8,11,13,16-17H,3-4,6,9-10H2,1-2H3. The van der Waals surface area contributed by atoms with E-state index in [0.717, 1.165) is 25.7 Å². The van der Waals surface area contributed by atoms with Gasteiger partial charge in [0.15, 0.2) is 5.69 Å². The van der Waals surface area contributed by atoms with Crippen molar-refractivity contribution in [3.63, 3.8) is 0 Å². The summed E-state index contributed by atoms with van der Waals surface area (Å²) in [6.45, 7) is 1.69. The van der Waals surface area contributed by atoms with Crippen molar-refractivity contribution < 1.29 is 19.2 Å². The minimum Gasteiger partial charge on any atom is -0.467 e. The molecule has 2 heterocycles. The van der Waals surface area contributed by atoms with Gasteiger partial charge in [-0.15, -0.1) is 5.10 Å². The van der Waals surface area contributed by atoms with Crippen molar-refractivity contribution in [2.45, 2.75) is 51.1 Å². The molecule has 0 spiro atoms. The van der Waals surface area contributed by atoms with Gasteiger partial charge in [0.25, 0.3) is 11.6 Å². The van der Waals surface area contributed by atoms with E-state index in [-0.39, 0.29) is 29.2 Å². The fourth-order valence-corrected chi connectivity index (χ4v) is 4.73. The van der Waals surface area contributed by atoms with Crippen molar-refractivity contribution in [1.82, 2.24) is 19.9 Å². The first-order chi connectivity index (χ1) is 14.4. The Morgan fingerprint density at radius 2 is 2.03 bits per heavy atom. The Kier molecular flexibility index (Phi) is 5.23. The molecule has 1 aliphatic carbocycles. The highest BCUT2D eigenvalue weighted by Gasteiger charge is 2.49. The zero-order valence-electron chi connectivity index (χ0n) is 16.9. The molecule has 1 amide bonds. The maximum absolute atomic E-state index is 13.5. The van der Waals surface area contributed by atoms with Crippen molar-refractivity contribution in [3.05, 3.63) is 45.8 Å². The van der Waals surface area contributed by atoms with E-state index in [1.54, 1.807) is 24.0 Å². The molecule has 1 saturated carbocycles. The SMILES string of the molecule is COC(=O)C1CC2CCCCC2N1C(=O)c1nnn(-c2cccc([N+](=O)[O-])c2)c1C. The van der Waals surface area contributed by atoms with Crippen LogP contribution >= 0.6 is 0 Å². The third-order valence-electron chi connectivity index (χ3n) is 6.18. The van der Waals surface area contributed by atoms with Crippen LogP contribution < -0.4 is 0 Å². The minimum atomic E-state index is -0.627. The van der Waals surface area contributed by atoms with Gasteiger partial charge in [-0.3, -0.25) is 14.9 Å². The van der Waals surface area contributed by atoms with E-state index in [1.165, 1.54) is 23.9 Å². The van der Waals surface area contributed by atoms with Crippen LogP contribution in [0.25, 0.3) is 5.69 Å². The summed E-state index contributed by atoms with van der Waals surface area (Å²) < 4.78 is 6.36. The number of esters is 1. The zero-order chi connectivity index (χ0) is 21.4. The monoisotopic (exact) mass is 413 g/mol. The number of nitro groups is 1. The van der Waals surface area contributed by atoms with Crippen molar-refractivity contribution in [2.24, 2.45) is 5.92 Å². The summed E-state index contributed by atoms with van der Waals surface area (Å²) in [6, 6.07) is 5.33. The highest BCUT2D eigenvalue weighted by Crippen LogP contribution is 2.41. The molecule has 10 nitrogen and oxygen atoms in total. The smallest absolute Gasteiger partial charge is 0.328 e. The minimum absolute atomic E-state index is 0.0160. The number of carbonyl (C=O) groups is 2. The summed E-state index contributed by atoms with van der Waals surface area (Å²) >= 11 is 0. The van der Waals surface area contributed by atoms with Gasteiger partial charge in [0.2, 0.25) is 0 Å². The summed E-state index contributed by atoms with van der Waals surface area (Å²) in [5, 5.41) is 19.2. The van der Waals surface area contributed by atoms with E-state index in [4.69, 9.17) is 4.74 Å². The van der Waals surface area contributed by atoms with Crippen molar-refractivity contribution >= 4 is 17.6 Å². The Balaban J connectivity index is 1.68. The molecule has 30 heavy (non-hydrogen) atoms. The van der Waals surface area contributed by atoms with Crippen molar-refractivity contribution in [1.29, 1.82) is 0 Å². The van der Waals surface area contributed by atoms with Crippen LogP contribution in [0.3, 0.4) is 0 Å². The van der Waals surface area contributed by atoms with Gasteiger partial charge in [0.05, 0.1) is 23.4 Å². The number of methoxy groups -OCH3 is 1. The van der Waals surface area contributed by atoms with E-state index in [0.29, 0.717) is 17.8 Å². The molecular formula is C20H23N5O5. The van der Waals surface area contributed by atoms with Crippen LogP contribution in [0.2, 0.25) is 0 Å². The van der Waals surface area contributed by atoms with Crippen molar-refractivity contribution in [2.75, 3.05) is 7.11 Å². The molecule has 0 N–H and O–H groups in total. The zero-order valence-corrected chi connectivity index (χ0v) is 16.9. The second kappa shape index (κ2) is 7.85. The van der Waals surface area contributed by atoms with E-state index in [1.807, 2.05) is 0 Å². The number of carbonyl (C=O) groups excluding carboxylic acids is 2. The molecule has 2 aromatic rings. The number of ether oxygens (including phenoxy) is 1. The van der Waals surface area contributed by atoms with Crippen LogP contribution in [0.15, 0.2) is 24.3 Å². The molecule has 1 saturated heterocycles. The number of benzene rings is 1. The third-order valence-corrected chi connectivity index (χ3v) is 6.18. The van der Waals surface area contributed by atoms with Gasteiger partial charge in [-0.2, -0.15) is 0 Å². The lowest BCUT2D eigenvalue weighted by molar-refractivity contribution is -0.384. The number of amides is 1. The van der Waals surface area contributed by atoms with Crippen LogP contribution in [-0.4, -0.2) is 55.9 Å². The lowest BCUT2D eigenvalue weighted by Gasteiger charge is -2.32. The van der Waals surface area contributed by atoms with Gasteiger partial charge >= 0.3 is 5.97 Å². The Morgan fingerprint density at radius 3 is 2.77 bits per heavy atom. The predicted octanol–water partition coefficient (Wildman–Crippen LogP) is 2.43. The number of nitro benzene ring substituents is 1. The van der Waals surface area contributed by atoms with E-state index in [9.17, 15) is 19.7 Å². The van der Waals surface area contributed by atoms with Crippen LogP contribution in [-0.2, 0) is 9.53 Å². The van der Waals surface area contributed by atoms with Crippen LogP contribution in [0.5, 0.6) is 0 Å². The molecular weight excluding hydrogens is 390 g/mol. The molecule has 2 fully saturated rings. The number of hydrogen-bond donors (Lipinski definition) is 0. The maximum Gasteiger partial charge on any atom is 0.328 e. The number of aromatic nitrogens is 3. The van der Waals surface area contributed by atoms with Crippen molar-refractivity contribution in [3.8, 4) is 5.69 Å². The molecule has 0 bridgehead atoms. The first-order valence-electron chi connectivity index (χ1n) is 10.00. The Bertz CT molecular complexity index is 1000. The summed E-state index contributed by atoms with van der Waals surface area (Å²) in [7, 11) is 1.33. The highest BCUT2D eigenvalue weighted by molar-refractivity contribution is 5.96. The molecule has 10 heteroatoms. The number of hydrogen-bond acceptors (Lipinski definition) is 7. The molecule has 0 radical (unpaired) electrons. The van der Waals surface area contributed by atoms with Gasteiger partial charge in [0, 0.05) is 18.2 Å². The topological polar surface area (TPSA) is 120 Å². The number of rotatable bonds is 4. The molecule has 2 aliphatic rings. The Morgan fingerprint density at radius 1 is 1.27 bits per heavy atom. The number of nitrogens with zero attached hydrogens (tertiary/aromatic N) is 5. The lowest BCUT2D eigenvalue weighted by Crippen LogP contribution is -2.47. The van der Waals surface area contributed by atoms with Gasteiger partial charge in [-0.1, -0.05) is 24.1 Å². The van der Waals surface area contributed by atoms with Gasteiger partial charge in [-0.25, -0.2) is 9.48 Å². The van der Waals surface area contributed by atoms with Gasteiger partial charge < -0.3 is 9.64 Å². The highest BCUT2D eigenvalue weighted by atomic mass is 16.6. The average Bonchev–Trinajstić information content (AvgIpc) is 3.33. The first kappa shape index (κ1) is 20.0. The Labute approximate surface area is 173 Å². The predicted molar refractivity (Wildman–Crippen MR) is 105 cm³/mol. The number of fused-ring (bicyclic) bond motifs is 1. The molecule has 3 unspecified atom stereocenters. The second-order valence-corrected chi connectivity index (χ2v) is 7.81. The van der Waals surface area contributed by atoms with Crippen LogP contribution in [0.4, 0.5) is 5.69 Å². The van der Waals surface area contributed by atoms with Crippen LogP contribution in [0, 0.1) is 23.0 Å². The summed E-state index contributed by atoms with van der Waals surface area (Å²) in [4.78, 5) is 38.1. The molecule has 1 aromatic carbocycles. The van der Waals surface area contributed by atoms with Crippen LogP contribution in [0.1, 0.15) is 48.3 Å². The van der Waals surface area contributed by atoms with E-state index < -0.39 is 16.9 Å². The average molecular weight is 413 g/mol. The van der Waals surface area contributed by atoms with Gasteiger partial charge in [-0.05, 0) is 38.2 Å². The molecule has 1 aliphatic heterocycles. The summed E-state index contributed by atoms with van der Waals surface area (Å²) in [6.07, 6.45) is 4.54. The molecule has 1 aromatic heterocycles. The molecule has 4 rings (SSSR count). The quantitative estimate of drug-likeness (QED) is 0.429. The maximum atomic E-state index is 13.5. The second-order valence-electron chi connectivity index (χ2n) is 7.81. The fourth-order valence-electron chi connectivity index (χ4n) is 4.73. The summed E-state index contributed by atoms with van der Waals surface area (Å²) in [5.74, 6) is -0.491. The number of non-ortho nitro benzene ring substituents is 1. The Hall–Kier alpha value is -3.30. The third kappa shape index (κ3) is 3.31.